The second-order valence-corrected chi connectivity index (χ2v) is 4.95. The number of aliphatic carboxylic acids is 1. The molecule has 0 spiro atoms. The summed E-state index contributed by atoms with van der Waals surface area (Å²) >= 11 is 0. The Morgan fingerprint density at radius 1 is 1.47 bits per heavy atom. The Kier molecular flexibility index (Phi) is 4.43. The van der Waals surface area contributed by atoms with E-state index in [0.29, 0.717) is 6.54 Å². The van der Waals surface area contributed by atoms with Gasteiger partial charge in [-0.15, -0.1) is 0 Å². The first kappa shape index (κ1) is 13.9. The molecule has 0 radical (unpaired) electrons. The van der Waals surface area contributed by atoms with Gasteiger partial charge in [-0.3, -0.25) is 9.69 Å². The molecule has 1 fully saturated rings. The molecule has 1 aromatic carbocycles. The molecule has 2 rings (SSSR count). The molecular weight excluding hydrogens is 242 g/mol. The molecule has 104 valence electrons. The van der Waals surface area contributed by atoms with Crippen LogP contribution in [0.4, 0.5) is 0 Å². The van der Waals surface area contributed by atoms with Crippen LogP contribution in [0.5, 0.6) is 5.75 Å². The van der Waals surface area contributed by atoms with E-state index in [2.05, 4.69) is 17.9 Å². The maximum Gasteiger partial charge on any atom is 0.320 e. The van der Waals surface area contributed by atoms with Crippen LogP contribution in [-0.4, -0.2) is 35.7 Å². The fourth-order valence-electron chi connectivity index (χ4n) is 2.73. The minimum absolute atomic E-state index is 0.327. The quantitative estimate of drug-likeness (QED) is 0.885. The number of carbonyl (C=O) groups is 1. The van der Waals surface area contributed by atoms with Gasteiger partial charge in [0.2, 0.25) is 0 Å². The van der Waals surface area contributed by atoms with Gasteiger partial charge in [-0.25, -0.2) is 0 Å². The summed E-state index contributed by atoms with van der Waals surface area (Å²) in [6.45, 7) is 3.69. The number of carboxylic acids is 1. The highest BCUT2D eigenvalue weighted by atomic mass is 16.5. The average molecular weight is 263 g/mol. The lowest BCUT2D eigenvalue weighted by Gasteiger charge is -2.22. The molecule has 0 bridgehead atoms. The van der Waals surface area contributed by atoms with E-state index in [1.807, 2.05) is 12.1 Å². The SMILES string of the molecule is CCc1cc(OC)ccc1CN1CCCC1C(=O)O. The lowest BCUT2D eigenvalue weighted by atomic mass is 10.0. The molecule has 0 saturated carbocycles. The summed E-state index contributed by atoms with van der Waals surface area (Å²) in [5.41, 5.74) is 2.44. The topological polar surface area (TPSA) is 49.8 Å². The van der Waals surface area contributed by atoms with E-state index >= 15 is 0 Å². The highest BCUT2D eigenvalue weighted by Gasteiger charge is 2.30. The van der Waals surface area contributed by atoms with Gasteiger partial charge in [0.25, 0.3) is 0 Å². The molecule has 1 saturated heterocycles. The lowest BCUT2D eigenvalue weighted by molar-refractivity contribution is -0.142. The van der Waals surface area contributed by atoms with Gasteiger partial charge in [0.05, 0.1) is 7.11 Å². The Balaban J connectivity index is 2.16. The van der Waals surface area contributed by atoms with Crippen LogP contribution in [0.1, 0.15) is 30.9 Å². The number of methoxy groups -OCH3 is 1. The summed E-state index contributed by atoms with van der Waals surface area (Å²) < 4.78 is 5.23. The van der Waals surface area contributed by atoms with E-state index in [-0.39, 0.29) is 6.04 Å². The Morgan fingerprint density at radius 2 is 2.26 bits per heavy atom. The number of hydrogen-bond donors (Lipinski definition) is 1. The third kappa shape index (κ3) is 3.07. The van der Waals surface area contributed by atoms with Crippen LogP contribution >= 0.6 is 0 Å². The van der Waals surface area contributed by atoms with Gasteiger partial charge in [0, 0.05) is 6.54 Å². The Bertz CT molecular complexity index is 459. The number of aryl methyl sites for hydroxylation is 1. The van der Waals surface area contributed by atoms with Gasteiger partial charge in [0.15, 0.2) is 0 Å². The predicted molar refractivity (Wildman–Crippen MR) is 73.4 cm³/mol. The normalized spacial score (nSPS) is 19.6. The third-order valence-electron chi connectivity index (χ3n) is 3.82. The van der Waals surface area contributed by atoms with E-state index in [0.717, 1.165) is 31.6 Å². The van der Waals surface area contributed by atoms with Crippen LogP contribution in [-0.2, 0) is 17.8 Å². The summed E-state index contributed by atoms with van der Waals surface area (Å²) in [6.07, 6.45) is 2.65. The highest BCUT2D eigenvalue weighted by Crippen LogP contribution is 2.24. The third-order valence-corrected chi connectivity index (χ3v) is 3.82. The summed E-state index contributed by atoms with van der Waals surface area (Å²) in [5, 5.41) is 9.21. The summed E-state index contributed by atoms with van der Waals surface area (Å²) in [5.74, 6) is 0.154. The van der Waals surface area contributed by atoms with Crippen LogP contribution in [0.3, 0.4) is 0 Å². The van der Waals surface area contributed by atoms with Crippen LogP contribution in [0.15, 0.2) is 18.2 Å². The maximum absolute atomic E-state index is 11.2. The number of likely N-dealkylation sites (tertiary alicyclic amines) is 1. The lowest BCUT2D eigenvalue weighted by Crippen LogP contribution is -2.35. The summed E-state index contributed by atoms with van der Waals surface area (Å²) in [4.78, 5) is 13.3. The van der Waals surface area contributed by atoms with Crippen LogP contribution < -0.4 is 4.74 Å². The fraction of sp³-hybridized carbons (Fsp3) is 0.533. The zero-order valence-electron chi connectivity index (χ0n) is 11.6. The molecule has 1 heterocycles. The average Bonchev–Trinajstić information content (AvgIpc) is 2.87. The van der Waals surface area contributed by atoms with Crippen LogP contribution in [0.25, 0.3) is 0 Å². The zero-order chi connectivity index (χ0) is 13.8. The van der Waals surface area contributed by atoms with E-state index < -0.39 is 5.97 Å². The number of rotatable bonds is 5. The van der Waals surface area contributed by atoms with Crippen molar-refractivity contribution in [2.75, 3.05) is 13.7 Å². The van der Waals surface area contributed by atoms with Crippen molar-refractivity contribution in [3.63, 3.8) is 0 Å². The second-order valence-electron chi connectivity index (χ2n) is 4.95. The van der Waals surface area contributed by atoms with Gasteiger partial charge in [0.1, 0.15) is 11.8 Å². The van der Waals surface area contributed by atoms with E-state index in [1.165, 1.54) is 11.1 Å². The molecule has 1 aliphatic rings. The highest BCUT2D eigenvalue weighted by molar-refractivity contribution is 5.73. The van der Waals surface area contributed by atoms with E-state index in [1.54, 1.807) is 7.11 Å². The molecule has 0 amide bonds. The monoisotopic (exact) mass is 263 g/mol. The number of benzene rings is 1. The van der Waals surface area contributed by atoms with E-state index in [9.17, 15) is 9.90 Å². The molecule has 4 nitrogen and oxygen atoms in total. The maximum atomic E-state index is 11.2. The number of ether oxygens (including phenoxy) is 1. The van der Waals surface area contributed by atoms with Gasteiger partial charge in [-0.1, -0.05) is 13.0 Å². The van der Waals surface area contributed by atoms with Crippen LogP contribution in [0.2, 0.25) is 0 Å². The summed E-state index contributed by atoms with van der Waals surface area (Å²) in [7, 11) is 1.66. The van der Waals surface area contributed by atoms with Crippen molar-refractivity contribution in [2.24, 2.45) is 0 Å². The Labute approximate surface area is 114 Å². The molecule has 1 aliphatic heterocycles. The first-order valence-electron chi connectivity index (χ1n) is 6.78. The number of carboxylic acid groups (broad SMARTS) is 1. The van der Waals surface area contributed by atoms with E-state index in [4.69, 9.17) is 4.74 Å². The molecule has 1 atom stereocenters. The van der Waals surface area contributed by atoms with Gasteiger partial charge in [-0.05, 0) is 49.1 Å². The molecule has 4 heteroatoms. The van der Waals surface area contributed by atoms with Crippen molar-refractivity contribution >= 4 is 5.97 Å². The van der Waals surface area contributed by atoms with Gasteiger partial charge in [-0.2, -0.15) is 0 Å². The predicted octanol–water partition coefficient (Wildman–Crippen LogP) is 2.31. The van der Waals surface area contributed by atoms with Crippen LogP contribution in [0, 0.1) is 0 Å². The molecule has 0 aromatic heterocycles. The standard InChI is InChI=1S/C15H21NO3/c1-3-11-9-13(19-2)7-6-12(11)10-16-8-4-5-14(16)15(17)18/h6-7,9,14H,3-5,8,10H2,1-2H3,(H,17,18). The van der Waals surface area contributed by atoms with Crippen molar-refractivity contribution in [1.29, 1.82) is 0 Å². The second kappa shape index (κ2) is 6.06. The number of nitrogens with zero attached hydrogens (tertiary/aromatic N) is 1. The Hall–Kier alpha value is -1.55. The molecule has 19 heavy (non-hydrogen) atoms. The molecular formula is C15H21NO3. The molecule has 1 aromatic rings. The molecule has 0 aliphatic carbocycles. The molecule has 1 N–H and O–H groups in total. The first-order chi connectivity index (χ1) is 9.15. The zero-order valence-corrected chi connectivity index (χ0v) is 11.6. The van der Waals surface area contributed by atoms with Crippen molar-refractivity contribution in [3.05, 3.63) is 29.3 Å². The minimum atomic E-state index is -0.705. The van der Waals surface area contributed by atoms with Crippen molar-refractivity contribution in [2.45, 2.75) is 38.8 Å². The fourth-order valence-corrected chi connectivity index (χ4v) is 2.73. The van der Waals surface area contributed by atoms with Crippen molar-refractivity contribution in [1.82, 2.24) is 4.90 Å². The largest absolute Gasteiger partial charge is 0.497 e. The minimum Gasteiger partial charge on any atom is -0.497 e. The summed E-state index contributed by atoms with van der Waals surface area (Å²) in [6, 6.07) is 5.71. The Morgan fingerprint density at radius 3 is 2.89 bits per heavy atom. The van der Waals surface area contributed by atoms with Gasteiger partial charge >= 0.3 is 5.97 Å². The first-order valence-corrected chi connectivity index (χ1v) is 6.78. The van der Waals surface area contributed by atoms with Crippen molar-refractivity contribution in [3.8, 4) is 5.75 Å². The van der Waals surface area contributed by atoms with Gasteiger partial charge < -0.3 is 9.84 Å². The molecule has 1 unspecified atom stereocenters. The van der Waals surface area contributed by atoms with Crippen molar-refractivity contribution < 1.29 is 14.6 Å². The number of hydrogen-bond acceptors (Lipinski definition) is 3. The smallest absolute Gasteiger partial charge is 0.320 e.